The molecule has 1 atom stereocenters. The summed E-state index contributed by atoms with van der Waals surface area (Å²) >= 11 is 0. The van der Waals surface area contributed by atoms with Crippen LogP contribution in [0.5, 0.6) is 11.5 Å². The highest BCUT2D eigenvalue weighted by Crippen LogP contribution is 2.33. The minimum atomic E-state index is -0.347. The van der Waals surface area contributed by atoms with Crippen LogP contribution in [0.15, 0.2) is 82.8 Å². The van der Waals surface area contributed by atoms with Crippen molar-refractivity contribution in [2.45, 2.75) is 12.5 Å². The number of benzene rings is 2. The van der Waals surface area contributed by atoms with E-state index in [9.17, 15) is 4.79 Å². The first-order chi connectivity index (χ1) is 16.2. The van der Waals surface area contributed by atoms with Gasteiger partial charge in [-0.2, -0.15) is 5.10 Å². The molecule has 0 radical (unpaired) electrons. The monoisotopic (exact) mass is 444 g/mol. The van der Waals surface area contributed by atoms with Gasteiger partial charge in [0.1, 0.15) is 29.6 Å². The minimum absolute atomic E-state index is 0.185. The zero-order valence-electron chi connectivity index (χ0n) is 17.7. The molecule has 5 rings (SSSR count). The van der Waals surface area contributed by atoms with E-state index in [4.69, 9.17) is 13.9 Å². The van der Waals surface area contributed by atoms with Crippen molar-refractivity contribution in [3.63, 3.8) is 0 Å². The Balaban J connectivity index is 1.34. The molecule has 1 amide bonds. The Labute approximate surface area is 189 Å². The Bertz CT molecular complexity index is 1250. The summed E-state index contributed by atoms with van der Waals surface area (Å²) in [6.45, 7) is -0.185. The summed E-state index contributed by atoms with van der Waals surface area (Å²) in [5.74, 6) is 1.65. The van der Waals surface area contributed by atoms with E-state index in [0.717, 1.165) is 22.7 Å². The van der Waals surface area contributed by atoms with E-state index in [2.05, 4.69) is 20.6 Å². The van der Waals surface area contributed by atoms with Gasteiger partial charge in [0.25, 0.3) is 5.91 Å². The molecule has 2 aromatic heterocycles. The van der Waals surface area contributed by atoms with Gasteiger partial charge in [-0.25, -0.2) is 9.69 Å². The minimum Gasteiger partial charge on any atom is -0.497 e. The average Bonchev–Trinajstić information content (AvgIpc) is 3.64. The molecule has 33 heavy (non-hydrogen) atoms. The predicted molar refractivity (Wildman–Crippen MR) is 117 cm³/mol. The number of ether oxygens (including phenoxy) is 2. The fourth-order valence-corrected chi connectivity index (χ4v) is 3.61. The number of carbonyl (C=O) groups is 1. The molecule has 0 saturated heterocycles. The lowest BCUT2D eigenvalue weighted by atomic mass is 10.0. The molecule has 10 heteroatoms. The van der Waals surface area contributed by atoms with Crippen LogP contribution in [0.25, 0.3) is 5.69 Å². The van der Waals surface area contributed by atoms with Crippen LogP contribution >= 0.6 is 0 Å². The highest BCUT2D eigenvalue weighted by atomic mass is 16.5. The molecule has 2 aromatic carbocycles. The van der Waals surface area contributed by atoms with E-state index < -0.39 is 0 Å². The quantitative estimate of drug-likeness (QED) is 0.431. The molecule has 166 valence electrons. The lowest BCUT2D eigenvalue weighted by molar-refractivity contribution is -0.135. The van der Waals surface area contributed by atoms with Crippen molar-refractivity contribution in [3.8, 4) is 17.2 Å². The van der Waals surface area contributed by atoms with Crippen molar-refractivity contribution in [3.05, 3.63) is 84.6 Å². The summed E-state index contributed by atoms with van der Waals surface area (Å²) in [5, 5.41) is 17.2. The summed E-state index contributed by atoms with van der Waals surface area (Å²) in [4.78, 5) is 13.1. The topological polar surface area (TPSA) is 108 Å². The van der Waals surface area contributed by atoms with Gasteiger partial charge in [-0.3, -0.25) is 4.79 Å². The zero-order chi connectivity index (χ0) is 22.6. The zero-order valence-corrected chi connectivity index (χ0v) is 17.7. The number of hydrogen-bond acceptors (Lipinski definition) is 8. The number of nitrogens with zero attached hydrogens (tertiary/aromatic N) is 6. The van der Waals surface area contributed by atoms with Crippen molar-refractivity contribution >= 4 is 11.6 Å². The van der Waals surface area contributed by atoms with Crippen LogP contribution in [0.4, 0.5) is 0 Å². The van der Waals surface area contributed by atoms with Crippen LogP contribution in [0, 0.1) is 0 Å². The second-order valence-corrected chi connectivity index (χ2v) is 7.29. The highest BCUT2D eigenvalue weighted by Gasteiger charge is 2.35. The number of carbonyl (C=O) groups excluding carboxylic acids is 1. The fourth-order valence-electron chi connectivity index (χ4n) is 3.61. The first-order valence-electron chi connectivity index (χ1n) is 10.2. The number of hydrazone groups is 1. The summed E-state index contributed by atoms with van der Waals surface area (Å²) in [7, 11) is 1.62. The van der Waals surface area contributed by atoms with E-state index in [0.29, 0.717) is 17.9 Å². The molecule has 3 heterocycles. The fraction of sp³-hybridized carbons (Fsp3) is 0.174. The van der Waals surface area contributed by atoms with Crippen LogP contribution in [-0.4, -0.2) is 50.6 Å². The molecule has 0 N–H and O–H groups in total. The van der Waals surface area contributed by atoms with Crippen LogP contribution < -0.4 is 9.47 Å². The van der Waals surface area contributed by atoms with Gasteiger partial charge in [0.15, 0.2) is 6.61 Å². The van der Waals surface area contributed by atoms with Crippen LogP contribution in [-0.2, 0) is 4.79 Å². The number of tetrazole rings is 1. The maximum Gasteiger partial charge on any atom is 0.281 e. The van der Waals surface area contributed by atoms with Gasteiger partial charge >= 0.3 is 0 Å². The number of methoxy groups -OCH3 is 1. The van der Waals surface area contributed by atoms with Crippen molar-refractivity contribution in [2.24, 2.45) is 5.10 Å². The molecule has 0 saturated carbocycles. The van der Waals surface area contributed by atoms with Gasteiger partial charge in [-0.15, -0.1) is 5.10 Å². The Morgan fingerprint density at radius 3 is 2.73 bits per heavy atom. The van der Waals surface area contributed by atoms with Crippen molar-refractivity contribution < 1.29 is 18.7 Å². The number of amides is 1. The van der Waals surface area contributed by atoms with E-state index in [1.807, 2.05) is 36.4 Å². The second kappa shape index (κ2) is 8.95. The van der Waals surface area contributed by atoms with Crippen LogP contribution in [0.2, 0.25) is 0 Å². The number of hydrogen-bond donors (Lipinski definition) is 0. The molecular formula is C23H20N6O4. The molecule has 0 unspecified atom stereocenters. The average molecular weight is 444 g/mol. The van der Waals surface area contributed by atoms with Gasteiger partial charge in [0.05, 0.1) is 24.8 Å². The molecule has 0 fully saturated rings. The SMILES string of the molecule is COc1ccc(C2=NN(C(=O)COc3cccc(-n4cnnn4)c3)[C@@H](c3ccco3)C2)cc1. The maximum atomic E-state index is 13.1. The third kappa shape index (κ3) is 4.31. The van der Waals surface area contributed by atoms with Crippen molar-refractivity contribution in [1.82, 2.24) is 25.2 Å². The molecule has 0 aliphatic carbocycles. The van der Waals surface area contributed by atoms with Crippen LogP contribution in [0.3, 0.4) is 0 Å². The Morgan fingerprint density at radius 1 is 1.12 bits per heavy atom. The second-order valence-electron chi connectivity index (χ2n) is 7.29. The van der Waals surface area contributed by atoms with Crippen LogP contribution in [0.1, 0.15) is 23.8 Å². The molecule has 1 aliphatic rings. The number of furan rings is 1. The molecule has 4 aromatic rings. The lowest BCUT2D eigenvalue weighted by Crippen LogP contribution is -2.31. The normalized spacial score (nSPS) is 15.4. The summed E-state index contributed by atoms with van der Waals surface area (Å²) < 4.78 is 18.1. The highest BCUT2D eigenvalue weighted by molar-refractivity contribution is 6.03. The Kier molecular flexibility index (Phi) is 5.54. The standard InChI is InChI=1S/C23H20N6O4/c1-31-18-9-7-16(8-10-18)20-13-21(22-6-3-11-32-22)29(25-20)23(30)14-33-19-5-2-4-17(12-19)28-15-24-26-27-28/h2-12,15,21H,13-14H2,1H3/t21-/m1/s1. The first kappa shape index (κ1) is 20.4. The predicted octanol–water partition coefficient (Wildman–Crippen LogP) is 3.02. The summed E-state index contributed by atoms with van der Waals surface area (Å²) in [6.07, 6.45) is 3.60. The number of rotatable bonds is 7. The third-order valence-electron chi connectivity index (χ3n) is 5.25. The van der Waals surface area contributed by atoms with Gasteiger partial charge in [-0.05, 0) is 64.5 Å². The molecule has 0 bridgehead atoms. The van der Waals surface area contributed by atoms with E-state index >= 15 is 0 Å². The molecule has 0 spiro atoms. The maximum absolute atomic E-state index is 13.1. The van der Waals surface area contributed by atoms with Gasteiger partial charge < -0.3 is 13.9 Å². The third-order valence-corrected chi connectivity index (χ3v) is 5.25. The number of aromatic nitrogens is 4. The van der Waals surface area contributed by atoms with Crippen molar-refractivity contribution in [2.75, 3.05) is 13.7 Å². The Morgan fingerprint density at radius 2 is 2.00 bits per heavy atom. The largest absolute Gasteiger partial charge is 0.497 e. The smallest absolute Gasteiger partial charge is 0.281 e. The van der Waals surface area contributed by atoms with Gasteiger partial charge in [0, 0.05) is 12.5 Å². The lowest BCUT2D eigenvalue weighted by Gasteiger charge is -2.20. The molecule has 1 aliphatic heterocycles. The van der Waals surface area contributed by atoms with E-state index in [1.165, 1.54) is 16.0 Å². The molecular weight excluding hydrogens is 424 g/mol. The first-order valence-corrected chi connectivity index (χ1v) is 10.2. The van der Waals surface area contributed by atoms with Crippen molar-refractivity contribution in [1.29, 1.82) is 0 Å². The van der Waals surface area contributed by atoms with Gasteiger partial charge in [0.2, 0.25) is 0 Å². The van der Waals surface area contributed by atoms with Gasteiger partial charge in [-0.1, -0.05) is 6.07 Å². The Hall–Kier alpha value is -4.47. The summed E-state index contributed by atoms with van der Waals surface area (Å²) in [6, 6.07) is 18.0. The summed E-state index contributed by atoms with van der Waals surface area (Å²) in [5.41, 5.74) is 2.42. The van der Waals surface area contributed by atoms with E-state index in [1.54, 1.807) is 37.6 Å². The van der Waals surface area contributed by atoms with E-state index in [-0.39, 0.29) is 18.6 Å². The molecule has 10 nitrogen and oxygen atoms in total.